The molecule has 46 heavy (non-hydrogen) atoms. The van der Waals surface area contributed by atoms with Crippen molar-refractivity contribution in [2.75, 3.05) is 18.6 Å². The van der Waals surface area contributed by atoms with Crippen LogP contribution in [0.25, 0.3) is 5.41 Å². The second-order valence-corrected chi connectivity index (χ2v) is 10.9. The van der Waals surface area contributed by atoms with Crippen molar-refractivity contribution in [3.8, 4) is 0 Å². The number of guanidine groups is 1. The number of ether oxygens (including phenoxy) is 1. The summed E-state index contributed by atoms with van der Waals surface area (Å²) < 4.78 is 5.33. The molecule has 0 spiro atoms. The quantitative estimate of drug-likeness (QED) is 0.192. The molecule has 1 aliphatic heterocycles. The Morgan fingerprint density at radius 2 is 1.11 bits per heavy atom. The van der Waals surface area contributed by atoms with Gasteiger partial charge < -0.3 is 20.4 Å². The van der Waals surface area contributed by atoms with Crippen LogP contribution in [0.1, 0.15) is 50.5 Å². The van der Waals surface area contributed by atoms with E-state index in [-0.39, 0.29) is 38.2 Å². The molecular weight excluding hydrogens is 642 g/mol. The van der Waals surface area contributed by atoms with E-state index in [0.29, 0.717) is 13.2 Å². The number of nitrogens with one attached hydrogen (secondary N) is 1. The molecule has 0 amide bonds. The zero-order valence-corrected chi connectivity index (χ0v) is 30.0. The molecule has 0 aliphatic carbocycles. The molecule has 1 heterocycles. The van der Waals surface area contributed by atoms with Crippen LogP contribution in [0.2, 0.25) is 0 Å². The Morgan fingerprint density at radius 1 is 0.696 bits per heavy atom. The number of benzene rings is 5. The van der Waals surface area contributed by atoms with Crippen molar-refractivity contribution in [3.63, 3.8) is 0 Å². The van der Waals surface area contributed by atoms with Gasteiger partial charge in [0, 0.05) is 19.1 Å². The molecule has 6 rings (SSSR count). The average Bonchev–Trinajstić information content (AvgIpc) is 3.39. The summed E-state index contributed by atoms with van der Waals surface area (Å²) in [6, 6.07) is 42.1. The second kappa shape index (κ2) is 20.1. The van der Waals surface area contributed by atoms with Crippen molar-refractivity contribution in [1.29, 1.82) is 0 Å². The van der Waals surface area contributed by atoms with E-state index in [1.807, 2.05) is 120 Å². The molecule has 0 radical (unpaired) electrons. The third kappa shape index (κ3) is 12.0. The molecule has 1 atom stereocenters. The third-order valence-electron chi connectivity index (χ3n) is 7.14. The molecule has 1 aliphatic rings. The molecule has 1 unspecified atom stereocenters. The average molecular weight is 687 g/mol. The monoisotopic (exact) mass is 685 g/mol. The minimum absolute atomic E-state index is 0. The Balaban J connectivity index is 0.000000270. The van der Waals surface area contributed by atoms with Crippen LogP contribution in [-0.2, 0) is 37.5 Å². The third-order valence-corrected chi connectivity index (χ3v) is 7.14. The maximum Gasteiger partial charge on any atom is 4.00 e. The minimum atomic E-state index is 0. The summed E-state index contributed by atoms with van der Waals surface area (Å²) in [5.41, 5.74) is 10.3. The number of nitrogens with zero attached hydrogens (tertiary/aromatic N) is 2. The minimum Gasteiger partial charge on any atom is -0.438 e. The molecule has 234 valence electrons. The molecule has 0 aromatic heterocycles. The molecule has 1 N–H and O–H groups in total. The Kier molecular flexibility index (Phi) is 16.6. The first-order chi connectivity index (χ1) is 21.7. The van der Waals surface area contributed by atoms with Gasteiger partial charge in [0.05, 0.1) is 6.61 Å². The molecule has 0 bridgehead atoms. The van der Waals surface area contributed by atoms with Gasteiger partial charge in [-0.3, -0.25) is 0 Å². The van der Waals surface area contributed by atoms with Crippen molar-refractivity contribution >= 4 is 11.6 Å². The predicted molar refractivity (Wildman–Crippen MR) is 192 cm³/mol. The molecule has 0 saturated carbocycles. The van der Waals surface area contributed by atoms with E-state index in [0.717, 1.165) is 27.9 Å². The van der Waals surface area contributed by atoms with E-state index in [1.54, 1.807) is 7.11 Å². The largest absolute Gasteiger partial charge is 4.00 e. The van der Waals surface area contributed by atoms with E-state index in [4.69, 9.17) is 4.74 Å². The van der Waals surface area contributed by atoms with E-state index in [9.17, 15) is 5.41 Å². The first-order valence-electron chi connectivity index (χ1n) is 15.1. The normalized spacial score (nSPS) is 12.9. The van der Waals surface area contributed by atoms with Crippen LogP contribution in [0.15, 0.2) is 127 Å². The smallest absolute Gasteiger partial charge is 0.438 e. The van der Waals surface area contributed by atoms with Crippen molar-refractivity contribution in [2.24, 2.45) is 0 Å². The van der Waals surface area contributed by atoms with E-state index in [2.05, 4.69) is 59.0 Å². The molecule has 5 aromatic rings. The summed E-state index contributed by atoms with van der Waals surface area (Å²) in [5.74, 6) is 0.197. The molecule has 5 heteroatoms. The summed E-state index contributed by atoms with van der Waals surface area (Å²) in [6.45, 7) is 18.8. The van der Waals surface area contributed by atoms with Crippen molar-refractivity contribution in [3.05, 3.63) is 198 Å². The van der Waals surface area contributed by atoms with Gasteiger partial charge >= 0.3 is 26.2 Å². The number of anilines is 1. The molecular formula is C41H45N3OZr. The van der Waals surface area contributed by atoms with E-state index >= 15 is 0 Å². The Labute approximate surface area is 296 Å². The maximum absolute atomic E-state index is 10.5. The zero-order valence-electron chi connectivity index (χ0n) is 27.5. The summed E-state index contributed by atoms with van der Waals surface area (Å²) >= 11 is 0. The van der Waals surface area contributed by atoms with Crippen LogP contribution in [0.4, 0.5) is 5.69 Å². The summed E-state index contributed by atoms with van der Waals surface area (Å²) in [4.78, 5) is 1.99. The van der Waals surface area contributed by atoms with Crippen LogP contribution in [0.5, 0.6) is 0 Å². The topological polar surface area (TPSA) is 46.8 Å². The molecule has 1 saturated heterocycles. The predicted octanol–water partition coefficient (Wildman–Crippen LogP) is 9.44. The number of hydrogen-bond acceptors (Lipinski definition) is 1. The first kappa shape index (κ1) is 38.0. The fraction of sp³-hybridized carbons (Fsp3) is 0.171. The molecule has 5 aromatic carbocycles. The van der Waals surface area contributed by atoms with Gasteiger partial charge in [0.1, 0.15) is 0 Å². The van der Waals surface area contributed by atoms with Gasteiger partial charge in [-0.15, -0.1) is 36.4 Å². The van der Waals surface area contributed by atoms with Gasteiger partial charge in [0.2, 0.25) is 0 Å². The van der Waals surface area contributed by atoms with Crippen molar-refractivity contribution in [2.45, 2.75) is 33.4 Å². The Hall–Kier alpha value is -4.18. The van der Waals surface area contributed by atoms with Crippen molar-refractivity contribution in [1.82, 2.24) is 5.32 Å². The van der Waals surface area contributed by atoms with Gasteiger partial charge in [-0.05, 0) is 55.3 Å². The Bertz CT molecular complexity index is 1480. The standard InChI is InChI=1S/C20H24N3O.3C7H7.Zr/c1-13-9-14(2)19(15(3)10-13)18-11-22-20(21)23(18)17-8-6-5-7-16(17)12-24-4;3*1-7-5-3-2-4-6-7;/h5-10,18H,11-12H2,1-4H3,(H-,21,22);3*2-6H,1H2;/q4*-1;+4. The summed E-state index contributed by atoms with van der Waals surface area (Å²) in [7, 11) is 1.69. The second-order valence-electron chi connectivity index (χ2n) is 10.9. The SMILES string of the molecule is COCc1ccccc1N1C(=[N-])NCC1c1c(C)cc(C)cc1C.[CH2-]c1ccccc1.[CH2-]c1ccccc1.[CH2-]c1ccccc1.[Zr+4]. The summed E-state index contributed by atoms with van der Waals surface area (Å²) in [6.07, 6.45) is 0. The van der Waals surface area contributed by atoms with Gasteiger partial charge in [0.15, 0.2) is 0 Å². The first-order valence-corrected chi connectivity index (χ1v) is 15.1. The molecule has 4 nitrogen and oxygen atoms in total. The van der Waals surface area contributed by atoms with Crippen LogP contribution in [0, 0.1) is 41.5 Å². The molecule has 1 fully saturated rings. The number of hydrogen-bond donors (Lipinski definition) is 1. The Morgan fingerprint density at radius 3 is 1.50 bits per heavy atom. The summed E-state index contributed by atoms with van der Waals surface area (Å²) in [5, 5.41) is 13.6. The van der Waals surface area contributed by atoms with E-state index in [1.165, 1.54) is 22.3 Å². The maximum atomic E-state index is 10.5. The van der Waals surface area contributed by atoms with Crippen molar-refractivity contribution < 1.29 is 30.9 Å². The number of aryl methyl sites for hydroxylation is 3. The fourth-order valence-electron chi connectivity index (χ4n) is 5.20. The van der Waals surface area contributed by atoms with Crippen LogP contribution in [0.3, 0.4) is 0 Å². The number of methoxy groups -OCH3 is 1. The fourth-order valence-corrected chi connectivity index (χ4v) is 5.20. The van der Waals surface area contributed by atoms with Crippen LogP contribution < -0.4 is 10.2 Å². The number of rotatable bonds is 4. The zero-order chi connectivity index (χ0) is 32.6. The van der Waals surface area contributed by atoms with Gasteiger partial charge in [0.25, 0.3) is 0 Å². The van der Waals surface area contributed by atoms with E-state index < -0.39 is 0 Å². The number of para-hydroxylation sites is 1. The van der Waals surface area contributed by atoms with Gasteiger partial charge in [-0.25, -0.2) is 0 Å². The van der Waals surface area contributed by atoms with Gasteiger partial charge in [-0.1, -0.05) is 60.2 Å². The van der Waals surface area contributed by atoms with Crippen LogP contribution in [-0.4, -0.2) is 19.6 Å². The van der Waals surface area contributed by atoms with Gasteiger partial charge in [-0.2, -0.15) is 73.9 Å². The van der Waals surface area contributed by atoms with Crippen LogP contribution >= 0.6 is 0 Å².